The molecule has 2 aromatic carbocycles. The highest BCUT2D eigenvalue weighted by Crippen LogP contribution is 2.31. The minimum Gasteiger partial charge on any atom is -0.444 e. The second kappa shape index (κ2) is 7.40. The zero-order valence-electron chi connectivity index (χ0n) is 16.1. The number of nitrogens with one attached hydrogen (secondary N) is 1. The first-order valence-electron chi connectivity index (χ1n) is 9.23. The van der Waals surface area contributed by atoms with Crippen LogP contribution in [0.15, 0.2) is 42.5 Å². The normalized spacial score (nSPS) is 13.9. The van der Waals surface area contributed by atoms with Gasteiger partial charge in [0.25, 0.3) is 0 Å². The Balaban J connectivity index is 1.72. The van der Waals surface area contributed by atoms with Gasteiger partial charge in [0.2, 0.25) is 0 Å². The third kappa shape index (κ3) is 4.78. The number of hydrogen-bond donors (Lipinski definition) is 1. The van der Waals surface area contributed by atoms with Gasteiger partial charge in [0.05, 0.1) is 0 Å². The number of carbonyl (C=O) groups excluding carboxylic acids is 1. The summed E-state index contributed by atoms with van der Waals surface area (Å²) in [5.74, 6) is 0. The lowest BCUT2D eigenvalue weighted by atomic mass is 10.00. The molecule has 4 nitrogen and oxygen atoms in total. The van der Waals surface area contributed by atoms with Crippen LogP contribution < -0.4 is 10.2 Å². The maximum atomic E-state index is 12.0. The molecule has 0 aromatic heterocycles. The third-order valence-electron chi connectivity index (χ3n) is 4.43. The van der Waals surface area contributed by atoms with Gasteiger partial charge in [-0.3, -0.25) is 5.32 Å². The molecule has 4 heteroatoms. The number of rotatable bonds is 3. The summed E-state index contributed by atoms with van der Waals surface area (Å²) >= 11 is 0. The van der Waals surface area contributed by atoms with Crippen molar-refractivity contribution in [2.75, 3.05) is 16.8 Å². The maximum absolute atomic E-state index is 12.0. The average molecular weight is 352 g/mol. The molecule has 1 heterocycles. The van der Waals surface area contributed by atoms with Crippen molar-refractivity contribution in [2.45, 2.75) is 52.7 Å². The fraction of sp³-hybridized carbons (Fsp3) is 0.409. The molecule has 0 saturated carbocycles. The van der Waals surface area contributed by atoms with Crippen LogP contribution in [0.4, 0.5) is 16.2 Å². The number of hydrogen-bond acceptors (Lipinski definition) is 3. The van der Waals surface area contributed by atoms with Crippen LogP contribution in [0.3, 0.4) is 0 Å². The van der Waals surface area contributed by atoms with Crippen LogP contribution in [0.25, 0.3) is 0 Å². The molecule has 0 saturated heterocycles. The summed E-state index contributed by atoms with van der Waals surface area (Å²) in [6.45, 7) is 9.66. The van der Waals surface area contributed by atoms with E-state index in [2.05, 4.69) is 53.5 Å². The first-order valence-corrected chi connectivity index (χ1v) is 9.23. The summed E-state index contributed by atoms with van der Waals surface area (Å²) < 4.78 is 5.33. The Bertz CT molecular complexity index is 776. The van der Waals surface area contributed by atoms with Crippen molar-refractivity contribution in [1.29, 1.82) is 0 Å². The van der Waals surface area contributed by atoms with Gasteiger partial charge in [-0.2, -0.15) is 0 Å². The van der Waals surface area contributed by atoms with Crippen molar-refractivity contribution in [3.05, 3.63) is 59.2 Å². The van der Waals surface area contributed by atoms with Crippen molar-refractivity contribution in [2.24, 2.45) is 0 Å². The molecule has 1 aliphatic heterocycles. The second-order valence-electron chi connectivity index (χ2n) is 7.98. The number of carbonyl (C=O) groups is 1. The molecule has 3 rings (SSSR count). The molecule has 0 bridgehead atoms. The zero-order valence-corrected chi connectivity index (χ0v) is 16.1. The molecule has 26 heavy (non-hydrogen) atoms. The molecule has 0 fully saturated rings. The minimum atomic E-state index is -0.497. The smallest absolute Gasteiger partial charge is 0.412 e. The molecular formula is C22H28N2O2. The van der Waals surface area contributed by atoms with Gasteiger partial charge in [-0.05, 0) is 69.9 Å². The van der Waals surface area contributed by atoms with Crippen LogP contribution in [-0.2, 0) is 17.7 Å². The molecule has 138 valence electrons. The number of aryl methyl sites for hydroxylation is 2. The highest BCUT2D eigenvalue weighted by atomic mass is 16.6. The van der Waals surface area contributed by atoms with E-state index in [4.69, 9.17) is 4.74 Å². The zero-order chi connectivity index (χ0) is 18.7. The van der Waals surface area contributed by atoms with Gasteiger partial charge in [-0.15, -0.1) is 0 Å². The van der Waals surface area contributed by atoms with Gasteiger partial charge in [0, 0.05) is 24.5 Å². The minimum absolute atomic E-state index is 0.412. The lowest BCUT2D eigenvalue weighted by molar-refractivity contribution is 0.0636. The summed E-state index contributed by atoms with van der Waals surface area (Å²) in [7, 11) is 0. The number of benzene rings is 2. The van der Waals surface area contributed by atoms with Gasteiger partial charge in [-0.1, -0.05) is 29.8 Å². The van der Waals surface area contributed by atoms with Gasteiger partial charge in [0.1, 0.15) is 5.60 Å². The first kappa shape index (κ1) is 18.3. The summed E-state index contributed by atoms with van der Waals surface area (Å²) in [4.78, 5) is 14.4. The lowest BCUT2D eigenvalue weighted by Gasteiger charge is -2.32. The Morgan fingerprint density at radius 2 is 1.88 bits per heavy atom. The Morgan fingerprint density at radius 1 is 1.15 bits per heavy atom. The van der Waals surface area contributed by atoms with E-state index >= 15 is 0 Å². The molecule has 0 atom stereocenters. The maximum Gasteiger partial charge on any atom is 0.412 e. The van der Waals surface area contributed by atoms with Crippen LogP contribution in [0.5, 0.6) is 0 Å². The van der Waals surface area contributed by atoms with Gasteiger partial charge >= 0.3 is 6.09 Å². The van der Waals surface area contributed by atoms with E-state index in [9.17, 15) is 4.79 Å². The SMILES string of the molecule is Cc1ccc(CN2CCCc3cc(NC(=O)OC(C)(C)C)ccc32)cc1. The number of nitrogens with zero attached hydrogens (tertiary/aromatic N) is 1. The lowest BCUT2D eigenvalue weighted by Crippen LogP contribution is -2.29. The molecule has 2 aromatic rings. The van der Waals surface area contributed by atoms with Gasteiger partial charge in [0.15, 0.2) is 0 Å². The molecule has 1 aliphatic rings. The van der Waals surface area contributed by atoms with Crippen molar-refractivity contribution in [3.63, 3.8) is 0 Å². The van der Waals surface area contributed by atoms with E-state index < -0.39 is 11.7 Å². The van der Waals surface area contributed by atoms with Crippen LogP contribution in [-0.4, -0.2) is 18.2 Å². The molecule has 1 amide bonds. The van der Waals surface area contributed by atoms with Gasteiger partial charge < -0.3 is 9.64 Å². The average Bonchev–Trinajstić information content (AvgIpc) is 2.55. The molecule has 0 unspecified atom stereocenters. The fourth-order valence-corrected chi connectivity index (χ4v) is 3.25. The topological polar surface area (TPSA) is 41.6 Å². The highest BCUT2D eigenvalue weighted by molar-refractivity contribution is 5.85. The molecule has 0 radical (unpaired) electrons. The quantitative estimate of drug-likeness (QED) is 0.815. The van der Waals surface area contributed by atoms with Crippen LogP contribution in [0, 0.1) is 6.92 Å². The summed E-state index contributed by atoms with van der Waals surface area (Å²) in [6.07, 6.45) is 1.74. The Morgan fingerprint density at radius 3 is 2.58 bits per heavy atom. The Labute approximate surface area is 156 Å². The van der Waals surface area contributed by atoms with Crippen LogP contribution >= 0.6 is 0 Å². The number of ether oxygens (including phenoxy) is 1. The van der Waals surface area contributed by atoms with Crippen molar-refractivity contribution in [3.8, 4) is 0 Å². The number of fused-ring (bicyclic) bond motifs is 1. The molecular weight excluding hydrogens is 324 g/mol. The van der Waals surface area contributed by atoms with E-state index in [1.807, 2.05) is 26.8 Å². The predicted molar refractivity (Wildman–Crippen MR) is 107 cm³/mol. The van der Waals surface area contributed by atoms with Crippen LogP contribution in [0.2, 0.25) is 0 Å². The monoisotopic (exact) mass is 352 g/mol. The Kier molecular flexibility index (Phi) is 5.21. The fourth-order valence-electron chi connectivity index (χ4n) is 3.25. The molecule has 1 N–H and O–H groups in total. The molecule has 0 spiro atoms. The van der Waals surface area contributed by atoms with E-state index in [1.165, 1.54) is 22.4 Å². The van der Waals surface area contributed by atoms with Crippen molar-refractivity contribution < 1.29 is 9.53 Å². The summed E-state index contributed by atoms with van der Waals surface area (Å²) in [5, 5.41) is 2.84. The van der Waals surface area contributed by atoms with Crippen LogP contribution in [0.1, 0.15) is 43.9 Å². The van der Waals surface area contributed by atoms with E-state index in [0.29, 0.717) is 0 Å². The van der Waals surface area contributed by atoms with E-state index in [0.717, 1.165) is 31.6 Å². The Hall–Kier alpha value is -2.49. The highest BCUT2D eigenvalue weighted by Gasteiger charge is 2.19. The van der Waals surface area contributed by atoms with Crippen molar-refractivity contribution in [1.82, 2.24) is 0 Å². The summed E-state index contributed by atoms with van der Waals surface area (Å²) in [6, 6.07) is 14.8. The predicted octanol–water partition coefficient (Wildman–Crippen LogP) is 5.29. The van der Waals surface area contributed by atoms with Gasteiger partial charge in [-0.25, -0.2) is 4.79 Å². The number of anilines is 2. The largest absolute Gasteiger partial charge is 0.444 e. The third-order valence-corrected chi connectivity index (χ3v) is 4.43. The molecule has 0 aliphatic carbocycles. The summed E-state index contributed by atoms with van der Waals surface area (Å²) in [5.41, 5.74) is 5.42. The second-order valence-corrected chi connectivity index (χ2v) is 7.98. The standard InChI is InChI=1S/C22H28N2O2/c1-16-7-9-17(10-8-16)15-24-13-5-6-18-14-19(11-12-20(18)24)23-21(25)26-22(2,3)4/h7-12,14H,5-6,13,15H2,1-4H3,(H,23,25). The van der Waals surface area contributed by atoms with E-state index in [-0.39, 0.29) is 0 Å². The van der Waals surface area contributed by atoms with Crippen molar-refractivity contribution >= 4 is 17.5 Å². The number of amides is 1. The first-order chi connectivity index (χ1) is 12.3. The van der Waals surface area contributed by atoms with E-state index in [1.54, 1.807) is 0 Å².